The Morgan fingerprint density at radius 2 is 2.14 bits per heavy atom. The molecular formula is C12H14OS. The van der Waals surface area contributed by atoms with Crippen molar-refractivity contribution in [3.8, 4) is 5.75 Å². The highest BCUT2D eigenvalue weighted by Crippen LogP contribution is 2.57. The van der Waals surface area contributed by atoms with Crippen LogP contribution >= 0.6 is 11.8 Å². The molecule has 0 saturated heterocycles. The summed E-state index contributed by atoms with van der Waals surface area (Å²) in [5, 5.41) is 0. The summed E-state index contributed by atoms with van der Waals surface area (Å²) in [7, 11) is 0. The molecule has 1 nitrogen and oxygen atoms in total. The number of ether oxygens (including phenoxy) is 1. The molecule has 1 spiro atoms. The average Bonchev–Trinajstić information content (AvgIpc) is 2.99. The van der Waals surface area contributed by atoms with Crippen molar-refractivity contribution in [1.29, 1.82) is 0 Å². The molecule has 0 atom stereocenters. The smallest absolute Gasteiger partial charge is 0.136 e. The zero-order chi connectivity index (χ0) is 9.60. The van der Waals surface area contributed by atoms with Gasteiger partial charge in [-0.2, -0.15) is 0 Å². The van der Waals surface area contributed by atoms with Gasteiger partial charge in [0.15, 0.2) is 0 Å². The average molecular weight is 206 g/mol. The third-order valence-corrected chi connectivity index (χ3v) is 4.21. The molecule has 1 saturated carbocycles. The van der Waals surface area contributed by atoms with Gasteiger partial charge in [-0.15, -0.1) is 11.8 Å². The van der Waals surface area contributed by atoms with E-state index in [1.165, 1.54) is 35.5 Å². The highest BCUT2D eigenvalue weighted by atomic mass is 32.2. The number of hydrogen-bond acceptors (Lipinski definition) is 2. The summed E-state index contributed by atoms with van der Waals surface area (Å²) in [5.41, 5.74) is 1.98. The van der Waals surface area contributed by atoms with E-state index in [4.69, 9.17) is 4.74 Å². The SMILES string of the molecule is CSc1cccc2c1OCCC21CC1. The molecule has 14 heavy (non-hydrogen) atoms. The van der Waals surface area contributed by atoms with Crippen LogP contribution in [0.3, 0.4) is 0 Å². The van der Waals surface area contributed by atoms with Crippen LogP contribution < -0.4 is 4.74 Å². The molecule has 2 aliphatic rings. The van der Waals surface area contributed by atoms with Crippen molar-refractivity contribution >= 4 is 11.8 Å². The molecule has 0 unspecified atom stereocenters. The molecule has 1 aromatic rings. The van der Waals surface area contributed by atoms with Gasteiger partial charge in [0.05, 0.1) is 6.61 Å². The second-order valence-corrected chi connectivity index (χ2v) is 5.06. The first-order chi connectivity index (χ1) is 6.86. The molecule has 2 heteroatoms. The molecule has 0 N–H and O–H groups in total. The van der Waals surface area contributed by atoms with E-state index in [9.17, 15) is 0 Å². The van der Waals surface area contributed by atoms with E-state index in [1.54, 1.807) is 11.8 Å². The van der Waals surface area contributed by atoms with E-state index in [-0.39, 0.29) is 0 Å². The quantitative estimate of drug-likeness (QED) is 0.652. The topological polar surface area (TPSA) is 9.23 Å². The molecule has 0 amide bonds. The fourth-order valence-corrected chi connectivity index (χ4v) is 2.97. The minimum atomic E-state index is 0.513. The van der Waals surface area contributed by atoms with E-state index >= 15 is 0 Å². The van der Waals surface area contributed by atoms with Gasteiger partial charge in [0.1, 0.15) is 5.75 Å². The van der Waals surface area contributed by atoms with Gasteiger partial charge < -0.3 is 4.74 Å². The number of para-hydroxylation sites is 1. The lowest BCUT2D eigenvalue weighted by molar-refractivity contribution is 0.254. The fraction of sp³-hybridized carbons (Fsp3) is 0.500. The Bertz CT molecular complexity index is 369. The summed E-state index contributed by atoms with van der Waals surface area (Å²) in [5.74, 6) is 1.17. The van der Waals surface area contributed by atoms with Crippen molar-refractivity contribution in [2.75, 3.05) is 12.9 Å². The summed E-state index contributed by atoms with van der Waals surface area (Å²) >= 11 is 1.79. The van der Waals surface area contributed by atoms with Crippen molar-refractivity contribution in [3.05, 3.63) is 23.8 Å². The van der Waals surface area contributed by atoms with Crippen LogP contribution in [-0.2, 0) is 5.41 Å². The van der Waals surface area contributed by atoms with Gasteiger partial charge in [0.2, 0.25) is 0 Å². The Labute approximate surface area is 88.8 Å². The van der Waals surface area contributed by atoms with Gasteiger partial charge in [-0.25, -0.2) is 0 Å². The number of hydrogen-bond donors (Lipinski definition) is 0. The lowest BCUT2D eigenvalue weighted by Gasteiger charge is -2.27. The number of thioether (sulfide) groups is 1. The normalized spacial score (nSPS) is 21.5. The molecule has 1 aliphatic heterocycles. The first-order valence-corrected chi connectivity index (χ1v) is 6.38. The summed E-state index contributed by atoms with van der Waals surface area (Å²) in [6, 6.07) is 6.57. The maximum absolute atomic E-state index is 5.80. The van der Waals surface area contributed by atoms with Crippen LogP contribution in [0.15, 0.2) is 23.1 Å². The summed E-state index contributed by atoms with van der Waals surface area (Å²) in [6.07, 6.45) is 6.06. The molecule has 1 heterocycles. The third kappa shape index (κ3) is 1.10. The van der Waals surface area contributed by atoms with Gasteiger partial charge in [0.25, 0.3) is 0 Å². The summed E-state index contributed by atoms with van der Waals surface area (Å²) in [6.45, 7) is 0.907. The molecule has 1 aromatic carbocycles. The highest BCUT2D eigenvalue weighted by Gasteiger charge is 2.48. The predicted molar refractivity (Wildman–Crippen MR) is 59.2 cm³/mol. The molecule has 0 bridgehead atoms. The molecule has 0 radical (unpaired) electrons. The lowest BCUT2D eigenvalue weighted by Crippen LogP contribution is -2.20. The van der Waals surface area contributed by atoms with E-state index in [0.717, 1.165) is 6.61 Å². The number of rotatable bonds is 1. The Morgan fingerprint density at radius 1 is 1.29 bits per heavy atom. The first kappa shape index (κ1) is 8.66. The molecular weight excluding hydrogens is 192 g/mol. The van der Waals surface area contributed by atoms with Crippen LogP contribution in [0.25, 0.3) is 0 Å². The van der Waals surface area contributed by atoms with E-state index in [1.807, 2.05) is 0 Å². The molecule has 1 aliphatic carbocycles. The highest BCUT2D eigenvalue weighted by molar-refractivity contribution is 7.98. The first-order valence-electron chi connectivity index (χ1n) is 5.16. The fourth-order valence-electron chi connectivity index (χ4n) is 2.40. The molecule has 3 rings (SSSR count). The van der Waals surface area contributed by atoms with Crippen LogP contribution in [-0.4, -0.2) is 12.9 Å². The van der Waals surface area contributed by atoms with E-state index < -0.39 is 0 Å². The minimum Gasteiger partial charge on any atom is -0.492 e. The van der Waals surface area contributed by atoms with E-state index in [2.05, 4.69) is 24.5 Å². The maximum Gasteiger partial charge on any atom is 0.136 e. The summed E-state index contributed by atoms with van der Waals surface area (Å²) < 4.78 is 5.80. The van der Waals surface area contributed by atoms with Crippen molar-refractivity contribution < 1.29 is 4.74 Å². The van der Waals surface area contributed by atoms with Crippen LogP contribution in [0.5, 0.6) is 5.75 Å². The Kier molecular flexibility index (Phi) is 1.81. The molecule has 74 valence electrons. The van der Waals surface area contributed by atoms with E-state index in [0.29, 0.717) is 5.41 Å². The van der Waals surface area contributed by atoms with Crippen molar-refractivity contribution in [2.45, 2.75) is 29.6 Å². The zero-order valence-corrected chi connectivity index (χ0v) is 9.19. The van der Waals surface area contributed by atoms with Crippen molar-refractivity contribution in [3.63, 3.8) is 0 Å². The Balaban J connectivity index is 2.15. The van der Waals surface area contributed by atoms with Crippen LogP contribution in [0.2, 0.25) is 0 Å². The zero-order valence-electron chi connectivity index (χ0n) is 8.38. The van der Waals surface area contributed by atoms with Crippen LogP contribution in [0, 0.1) is 0 Å². The van der Waals surface area contributed by atoms with Gasteiger partial charge in [-0.1, -0.05) is 12.1 Å². The number of benzene rings is 1. The van der Waals surface area contributed by atoms with Gasteiger partial charge in [0, 0.05) is 15.9 Å². The lowest BCUT2D eigenvalue weighted by atomic mass is 9.90. The maximum atomic E-state index is 5.80. The van der Waals surface area contributed by atoms with Crippen LogP contribution in [0.1, 0.15) is 24.8 Å². The van der Waals surface area contributed by atoms with Crippen molar-refractivity contribution in [1.82, 2.24) is 0 Å². The Morgan fingerprint density at radius 3 is 2.86 bits per heavy atom. The monoisotopic (exact) mass is 206 g/mol. The molecule has 1 fully saturated rings. The van der Waals surface area contributed by atoms with Gasteiger partial charge >= 0.3 is 0 Å². The number of fused-ring (bicyclic) bond motifs is 2. The van der Waals surface area contributed by atoms with Gasteiger partial charge in [-0.3, -0.25) is 0 Å². The largest absolute Gasteiger partial charge is 0.492 e. The van der Waals surface area contributed by atoms with Crippen LogP contribution in [0.4, 0.5) is 0 Å². The predicted octanol–water partition coefficient (Wildman–Crippen LogP) is 3.22. The van der Waals surface area contributed by atoms with Crippen molar-refractivity contribution in [2.24, 2.45) is 0 Å². The third-order valence-electron chi connectivity index (χ3n) is 3.45. The van der Waals surface area contributed by atoms with Gasteiger partial charge in [-0.05, 0) is 31.6 Å². The Hall–Kier alpha value is -0.630. The summed E-state index contributed by atoms with van der Waals surface area (Å²) in [4.78, 5) is 1.30. The standard InChI is InChI=1S/C12H14OS/c1-14-10-4-2-3-9-11(10)13-8-7-12(9)5-6-12/h2-4H,5-8H2,1H3. The second-order valence-electron chi connectivity index (χ2n) is 4.22. The second kappa shape index (κ2) is 2.93. The molecule has 0 aromatic heterocycles. The minimum absolute atomic E-state index is 0.513.